The van der Waals surface area contributed by atoms with Crippen LogP contribution in [-0.4, -0.2) is 34.1 Å². The summed E-state index contributed by atoms with van der Waals surface area (Å²) in [5.41, 5.74) is 0. The number of aliphatic carboxylic acids is 2. The Morgan fingerprint density at radius 3 is 1.92 bits per heavy atom. The van der Waals surface area contributed by atoms with Crippen molar-refractivity contribution < 1.29 is 24.6 Å². The van der Waals surface area contributed by atoms with Crippen molar-refractivity contribution in [1.82, 2.24) is 5.32 Å². The van der Waals surface area contributed by atoms with Crippen molar-refractivity contribution in [3.8, 4) is 0 Å². The standard InChI is InChI=1S/C18H33NO5/c1-3-4-5-6-7-8-9-10-11-14(2)17(22)19-15(18(23)24)12-13-16(20)21/h14-15H,3-13H2,1-2H3,(H,19,22)(H,20,21)(H,23,24)/t14?,15-/m0/s1. The number of carbonyl (C=O) groups is 3. The van der Waals surface area contributed by atoms with E-state index < -0.39 is 18.0 Å². The number of hydrogen-bond acceptors (Lipinski definition) is 3. The summed E-state index contributed by atoms with van der Waals surface area (Å²) in [6, 6.07) is -1.13. The van der Waals surface area contributed by atoms with E-state index in [0.29, 0.717) is 0 Å². The summed E-state index contributed by atoms with van der Waals surface area (Å²) in [5, 5.41) is 20.1. The van der Waals surface area contributed by atoms with E-state index in [1.807, 2.05) is 0 Å². The number of rotatable bonds is 15. The highest BCUT2D eigenvalue weighted by Crippen LogP contribution is 2.13. The molecule has 0 fully saturated rings. The molecule has 0 heterocycles. The zero-order valence-electron chi connectivity index (χ0n) is 15.1. The molecule has 0 aromatic rings. The Morgan fingerprint density at radius 2 is 1.42 bits per heavy atom. The summed E-state index contributed by atoms with van der Waals surface area (Å²) in [6.07, 6.45) is 9.92. The molecule has 24 heavy (non-hydrogen) atoms. The number of hydrogen-bond donors (Lipinski definition) is 3. The van der Waals surface area contributed by atoms with Crippen molar-refractivity contribution in [3.05, 3.63) is 0 Å². The van der Waals surface area contributed by atoms with Gasteiger partial charge in [0.25, 0.3) is 0 Å². The summed E-state index contributed by atoms with van der Waals surface area (Å²) < 4.78 is 0. The Kier molecular flexibility index (Phi) is 12.9. The fourth-order valence-electron chi connectivity index (χ4n) is 2.55. The van der Waals surface area contributed by atoms with Crippen LogP contribution >= 0.6 is 0 Å². The van der Waals surface area contributed by atoms with Gasteiger partial charge >= 0.3 is 11.9 Å². The summed E-state index contributed by atoms with van der Waals surface area (Å²) in [5.74, 6) is -2.82. The van der Waals surface area contributed by atoms with E-state index in [9.17, 15) is 14.4 Å². The Morgan fingerprint density at radius 1 is 0.875 bits per heavy atom. The second-order valence-electron chi connectivity index (χ2n) is 6.50. The summed E-state index contributed by atoms with van der Waals surface area (Å²) >= 11 is 0. The fourth-order valence-corrected chi connectivity index (χ4v) is 2.55. The largest absolute Gasteiger partial charge is 0.481 e. The first-order valence-corrected chi connectivity index (χ1v) is 9.13. The number of carboxylic acid groups (broad SMARTS) is 2. The highest BCUT2D eigenvalue weighted by Gasteiger charge is 2.23. The molecule has 0 bridgehead atoms. The van der Waals surface area contributed by atoms with Gasteiger partial charge in [0.05, 0.1) is 0 Å². The van der Waals surface area contributed by atoms with Crippen molar-refractivity contribution >= 4 is 17.8 Å². The smallest absolute Gasteiger partial charge is 0.326 e. The molecule has 0 rings (SSSR count). The minimum absolute atomic E-state index is 0.0963. The molecule has 0 spiro atoms. The van der Waals surface area contributed by atoms with E-state index in [1.165, 1.54) is 38.5 Å². The average Bonchev–Trinajstić information content (AvgIpc) is 2.52. The summed E-state index contributed by atoms with van der Waals surface area (Å²) in [4.78, 5) is 33.6. The molecule has 0 aliphatic carbocycles. The van der Waals surface area contributed by atoms with Crippen LogP contribution in [0.5, 0.6) is 0 Å². The van der Waals surface area contributed by atoms with Gasteiger partial charge in [-0.15, -0.1) is 0 Å². The highest BCUT2D eigenvalue weighted by atomic mass is 16.4. The molecule has 3 N–H and O–H groups in total. The molecule has 1 unspecified atom stereocenters. The fraction of sp³-hybridized carbons (Fsp3) is 0.833. The van der Waals surface area contributed by atoms with Gasteiger partial charge < -0.3 is 15.5 Å². The molecule has 0 aromatic heterocycles. The molecule has 6 heteroatoms. The lowest BCUT2D eigenvalue weighted by atomic mass is 10.00. The molecule has 0 saturated carbocycles. The van der Waals surface area contributed by atoms with Gasteiger partial charge in [0.1, 0.15) is 6.04 Å². The van der Waals surface area contributed by atoms with E-state index in [2.05, 4.69) is 12.2 Å². The second-order valence-corrected chi connectivity index (χ2v) is 6.50. The Bertz CT molecular complexity index is 384. The third kappa shape index (κ3) is 11.9. The summed E-state index contributed by atoms with van der Waals surface area (Å²) in [6.45, 7) is 3.98. The van der Waals surface area contributed by atoms with Crippen LogP contribution in [0.1, 0.15) is 84.5 Å². The molecule has 0 aliphatic heterocycles. The van der Waals surface area contributed by atoms with E-state index in [-0.39, 0.29) is 24.7 Å². The van der Waals surface area contributed by atoms with E-state index in [1.54, 1.807) is 6.92 Å². The van der Waals surface area contributed by atoms with Crippen molar-refractivity contribution in [2.75, 3.05) is 0 Å². The Balaban J connectivity index is 3.91. The number of unbranched alkanes of at least 4 members (excludes halogenated alkanes) is 7. The van der Waals surface area contributed by atoms with Crippen LogP contribution in [0.4, 0.5) is 0 Å². The van der Waals surface area contributed by atoms with Crippen molar-refractivity contribution in [3.63, 3.8) is 0 Å². The summed E-state index contributed by atoms with van der Waals surface area (Å²) in [7, 11) is 0. The van der Waals surface area contributed by atoms with Gasteiger partial charge in [0.2, 0.25) is 5.91 Å². The van der Waals surface area contributed by atoms with Crippen LogP contribution in [0, 0.1) is 5.92 Å². The predicted octanol–water partition coefficient (Wildman–Crippen LogP) is 3.59. The van der Waals surface area contributed by atoms with Crippen LogP contribution in [0.15, 0.2) is 0 Å². The molecular weight excluding hydrogens is 310 g/mol. The van der Waals surface area contributed by atoms with Crippen LogP contribution in [0.2, 0.25) is 0 Å². The monoisotopic (exact) mass is 343 g/mol. The lowest BCUT2D eigenvalue weighted by molar-refractivity contribution is -0.143. The van der Waals surface area contributed by atoms with Gasteiger partial charge in [0.15, 0.2) is 0 Å². The predicted molar refractivity (Wildman–Crippen MR) is 92.8 cm³/mol. The third-order valence-electron chi connectivity index (χ3n) is 4.20. The molecular formula is C18H33NO5. The minimum atomic E-state index is -1.19. The van der Waals surface area contributed by atoms with Gasteiger partial charge in [-0.25, -0.2) is 4.79 Å². The normalized spacial score (nSPS) is 13.2. The van der Waals surface area contributed by atoms with Gasteiger partial charge in [0, 0.05) is 12.3 Å². The molecule has 0 radical (unpaired) electrons. The van der Waals surface area contributed by atoms with Crippen LogP contribution < -0.4 is 5.32 Å². The maximum atomic E-state index is 12.0. The topological polar surface area (TPSA) is 104 Å². The number of amides is 1. The average molecular weight is 343 g/mol. The lowest BCUT2D eigenvalue weighted by Gasteiger charge is -2.17. The number of carbonyl (C=O) groups excluding carboxylic acids is 1. The van der Waals surface area contributed by atoms with E-state index >= 15 is 0 Å². The molecule has 1 amide bonds. The zero-order valence-corrected chi connectivity index (χ0v) is 15.1. The van der Waals surface area contributed by atoms with E-state index in [0.717, 1.165) is 19.3 Å². The van der Waals surface area contributed by atoms with Crippen LogP contribution in [0.3, 0.4) is 0 Å². The molecule has 140 valence electrons. The van der Waals surface area contributed by atoms with Gasteiger partial charge in [-0.3, -0.25) is 9.59 Å². The van der Waals surface area contributed by atoms with Crippen molar-refractivity contribution in [1.29, 1.82) is 0 Å². The molecule has 6 nitrogen and oxygen atoms in total. The maximum Gasteiger partial charge on any atom is 0.326 e. The number of nitrogens with one attached hydrogen (secondary N) is 1. The van der Waals surface area contributed by atoms with Gasteiger partial charge in [-0.05, 0) is 12.8 Å². The third-order valence-corrected chi connectivity index (χ3v) is 4.20. The van der Waals surface area contributed by atoms with Gasteiger partial charge in [-0.1, -0.05) is 65.2 Å². The van der Waals surface area contributed by atoms with Crippen molar-refractivity contribution in [2.45, 2.75) is 90.5 Å². The Labute approximate surface area is 145 Å². The molecule has 0 saturated heterocycles. The second kappa shape index (κ2) is 13.8. The van der Waals surface area contributed by atoms with Gasteiger partial charge in [-0.2, -0.15) is 0 Å². The molecule has 2 atom stereocenters. The number of carboxylic acids is 2. The first-order valence-electron chi connectivity index (χ1n) is 9.13. The first-order chi connectivity index (χ1) is 11.4. The van der Waals surface area contributed by atoms with Crippen LogP contribution in [-0.2, 0) is 14.4 Å². The SMILES string of the molecule is CCCCCCCCCCC(C)C(=O)N[C@@H](CCC(=O)O)C(=O)O. The zero-order chi connectivity index (χ0) is 18.4. The Hall–Kier alpha value is -1.59. The van der Waals surface area contributed by atoms with Crippen LogP contribution in [0.25, 0.3) is 0 Å². The van der Waals surface area contributed by atoms with E-state index in [4.69, 9.17) is 10.2 Å². The molecule has 0 aliphatic rings. The minimum Gasteiger partial charge on any atom is -0.481 e. The maximum absolute atomic E-state index is 12.0. The lowest BCUT2D eigenvalue weighted by Crippen LogP contribution is -2.43. The quantitative estimate of drug-likeness (QED) is 0.394. The van der Waals surface area contributed by atoms with Crippen molar-refractivity contribution in [2.24, 2.45) is 5.92 Å². The highest BCUT2D eigenvalue weighted by molar-refractivity contribution is 5.85. The molecule has 0 aromatic carbocycles. The first kappa shape index (κ1) is 22.4.